The zero-order chi connectivity index (χ0) is 14.8. The van der Waals surface area contributed by atoms with Crippen molar-refractivity contribution in [1.82, 2.24) is 35.4 Å². The molecule has 0 atom stereocenters. The van der Waals surface area contributed by atoms with Crippen molar-refractivity contribution in [3.05, 3.63) is 39.9 Å². The number of nitrogens with one attached hydrogen (secondary N) is 1. The number of H-pyrrole nitrogens is 1. The largest absolute Gasteiger partial charge is 0.262 e. The Morgan fingerprint density at radius 3 is 2.86 bits per heavy atom. The minimum atomic E-state index is 0.452. The van der Waals surface area contributed by atoms with Crippen LogP contribution in [0.25, 0.3) is 5.69 Å². The van der Waals surface area contributed by atoms with E-state index in [1.54, 1.807) is 22.9 Å². The summed E-state index contributed by atoms with van der Waals surface area (Å²) in [6, 6.07) is 5.22. The van der Waals surface area contributed by atoms with Gasteiger partial charge in [0.2, 0.25) is 5.16 Å². The molecule has 7 nitrogen and oxygen atoms in total. The molecule has 0 aliphatic heterocycles. The molecule has 108 valence electrons. The van der Waals surface area contributed by atoms with Crippen LogP contribution in [0.3, 0.4) is 0 Å². The lowest BCUT2D eigenvalue weighted by molar-refractivity contribution is 0.777. The minimum Gasteiger partial charge on any atom is -0.262 e. The molecule has 1 N–H and O–H groups in total. The van der Waals surface area contributed by atoms with Crippen molar-refractivity contribution in [3.63, 3.8) is 0 Å². The van der Waals surface area contributed by atoms with Gasteiger partial charge in [-0.3, -0.25) is 5.10 Å². The number of aryl methyl sites for hydroxylation is 1. The summed E-state index contributed by atoms with van der Waals surface area (Å²) < 4.78 is 1.61. The van der Waals surface area contributed by atoms with Crippen LogP contribution in [-0.2, 0) is 5.75 Å². The number of aromatic amines is 1. The molecule has 3 aromatic rings. The molecule has 21 heavy (non-hydrogen) atoms. The van der Waals surface area contributed by atoms with Gasteiger partial charge in [-0.15, -0.1) is 10.2 Å². The second-order valence-electron chi connectivity index (χ2n) is 4.10. The number of hydrogen-bond donors (Lipinski definition) is 1. The van der Waals surface area contributed by atoms with Gasteiger partial charge in [0.05, 0.1) is 21.5 Å². The smallest absolute Gasteiger partial charge is 0.208 e. The zero-order valence-electron chi connectivity index (χ0n) is 10.8. The molecule has 0 aliphatic carbocycles. The highest BCUT2D eigenvalue weighted by Crippen LogP contribution is 2.25. The maximum atomic E-state index is 6.02. The summed E-state index contributed by atoms with van der Waals surface area (Å²) in [6.45, 7) is 1.84. The van der Waals surface area contributed by atoms with E-state index in [9.17, 15) is 0 Å². The Bertz CT molecular complexity index is 770. The lowest BCUT2D eigenvalue weighted by Crippen LogP contribution is -2.02. The van der Waals surface area contributed by atoms with Crippen LogP contribution in [0.1, 0.15) is 11.6 Å². The normalized spacial score (nSPS) is 11.0. The van der Waals surface area contributed by atoms with Crippen molar-refractivity contribution in [2.24, 2.45) is 0 Å². The quantitative estimate of drug-likeness (QED) is 0.734. The standard InChI is InChI=1S/C11H9Cl2N7S/c1-6-14-11(17-15-6)21-5-10-16-18-19-20(10)7-2-3-8(12)9(13)4-7/h2-4H,5H2,1H3,(H,14,15,17). The molecule has 0 saturated carbocycles. The molecule has 0 spiro atoms. The van der Waals surface area contributed by atoms with E-state index < -0.39 is 0 Å². The molecule has 0 aliphatic rings. The first-order valence-electron chi connectivity index (χ1n) is 5.88. The van der Waals surface area contributed by atoms with Gasteiger partial charge in [0, 0.05) is 0 Å². The topological polar surface area (TPSA) is 85.2 Å². The van der Waals surface area contributed by atoms with Gasteiger partial charge in [0.1, 0.15) is 5.82 Å². The number of hydrogen-bond acceptors (Lipinski definition) is 6. The Kier molecular flexibility index (Phi) is 4.09. The van der Waals surface area contributed by atoms with Gasteiger partial charge >= 0.3 is 0 Å². The molecule has 3 rings (SSSR count). The lowest BCUT2D eigenvalue weighted by Gasteiger charge is -2.04. The average molecular weight is 342 g/mol. The Morgan fingerprint density at radius 1 is 1.29 bits per heavy atom. The number of aromatic nitrogens is 7. The fourth-order valence-corrected chi connectivity index (χ4v) is 2.67. The number of tetrazole rings is 1. The number of benzene rings is 1. The molecule has 0 radical (unpaired) electrons. The molecule has 2 aromatic heterocycles. The Hall–Kier alpha value is -1.64. The molecule has 10 heteroatoms. The number of rotatable bonds is 4. The molecule has 1 aromatic carbocycles. The number of halogens is 2. The summed E-state index contributed by atoms with van der Waals surface area (Å²) in [7, 11) is 0. The Morgan fingerprint density at radius 2 is 2.14 bits per heavy atom. The fraction of sp³-hybridized carbons (Fsp3) is 0.182. The van der Waals surface area contributed by atoms with E-state index in [1.807, 2.05) is 6.92 Å². The molecule has 0 saturated heterocycles. The van der Waals surface area contributed by atoms with E-state index in [-0.39, 0.29) is 0 Å². The predicted molar refractivity (Wildman–Crippen MR) is 79.9 cm³/mol. The molecule has 0 amide bonds. The van der Waals surface area contributed by atoms with Gasteiger partial charge in [0.15, 0.2) is 5.82 Å². The third-order valence-corrected chi connectivity index (χ3v) is 4.17. The van der Waals surface area contributed by atoms with Gasteiger partial charge in [-0.25, -0.2) is 4.98 Å². The summed E-state index contributed by atoms with van der Waals surface area (Å²) in [4.78, 5) is 4.22. The maximum Gasteiger partial charge on any atom is 0.208 e. The van der Waals surface area contributed by atoms with Gasteiger partial charge < -0.3 is 0 Å². The Balaban J connectivity index is 1.81. The highest BCUT2D eigenvalue weighted by molar-refractivity contribution is 7.98. The van der Waals surface area contributed by atoms with Crippen LogP contribution in [0.2, 0.25) is 10.0 Å². The highest BCUT2D eigenvalue weighted by Gasteiger charge is 2.11. The first-order valence-corrected chi connectivity index (χ1v) is 7.62. The van der Waals surface area contributed by atoms with E-state index >= 15 is 0 Å². The second-order valence-corrected chi connectivity index (χ2v) is 5.85. The summed E-state index contributed by atoms with van der Waals surface area (Å²) in [5.74, 6) is 1.97. The van der Waals surface area contributed by atoms with Crippen molar-refractivity contribution >= 4 is 35.0 Å². The lowest BCUT2D eigenvalue weighted by atomic mass is 10.3. The minimum absolute atomic E-state index is 0.452. The summed E-state index contributed by atoms with van der Waals surface area (Å²) >= 11 is 13.4. The van der Waals surface area contributed by atoms with Crippen molar-refractivity contribution in [2.45, 2.75) is 17.8 Å². The fourth-order valence-electron chi connectivity index (χ4n) is 1.63. The average Bonchev–Trinajstić information content (AvgIpc) is 3.08. The van der Waals surface area contributed by atoms with Crippen LogP contribution >= 0.6 is 35.0 Å². The maximum absolute atomic E-state index is 6.02. The summed E-state index contributed by atoms with van der Waals surface area (Å²) in [6.07, 6.45) is 0. The van der Waals surface area contributed by atoms with Crippen LogP contribution in [0.4, 0.5) is 0 Å². The zero-order valence-corrected chi connectivity index (χ0v) is 13.1. The molecule has 0 bridgehead atoms. The predicted octanol–water partition coefficient (Wildman–Crippen LogP) is 2.69. The van der Waals surface area contributed by atoms with Crippen LogP contribution in [0.5, 0.6) is 0 Å². The van der Waals surface area contributed by atoms with E-state index in [2.05, 4.69) is 30.7 Å². The Labute approximate surface area is 134 Å². The third kappa shape index (κ3) is 3.17. The van der Waals surface area contributed by atoms with Crippen molar-refractivity contribution in [2.75, 3.05) is 0 Å². The van der Waals surface area contributed by atoms with E-state index in [0.717, 1.165) is 11.5 Å². The first-order chi connectivity index (χ1) is 10.1. The van der Waals surface area contributed by atoms with Gasteiger partial charge in [-0.05, 0) is 35.5 Å². The second kappa shape index (κ2) is 6.00. The van der Waals surface area contributed by atoms with Crippen LogP contribution in [-0.4, -0.2) is 35.4 Å². The van der Waals surface area contributed by atoms with Crippen molar-refractivity contribution in [3.8, 4) is 5.69 Å². The molecular formula is C11H9Cl2N7S. The van der Waals surface area contributed by atoms with Crippen molar-refractivity contribution in [1.29, 1.82) is 0 Å². The highest BCUT2D eigenvalue weighted by atomic mass is 35.5. The van der Waals surface area contributed by atoms with Gasteiger partial charge in [-0.1, -0.05) is 35.0 Å². The van der Waals surface area contributed by atoms with E-state index in [0.29, 0.717) is 26.8 Å². The molecular weight excluding hydrogens is 333 g/mol. The molecule has 2 heterocycles. The summed E-state index contributed by atoms with van der Waals surface area (Å²) in [5.41, 5.74) is 0.746. The van der Waals surface area contributed by atoms with Gasteiger partial charge in [-0.2, -0.15) is 4.68 Å². The van der Waals surface area contributed by atoms with Crippen molar-refractivity contribution < 1.29 is 0 Å². The number of thioether (sulfide) groups is 1. The molecule has 0 unspecified atom stereocenters. The monoisotopic (exact) mass is 341 g/mol. The van der Waals surface area contributed by atoms with Crippen LogP contribution in [0, 0.1) is 6.92 Å². The SMILES string of the molecule is Cc1nc(SCc2nnnn2-c2ccc(Cl)c(Cl)c2)n[nH]1. The van der Waals surface area contributed by atoms with Crippen LogP contribution < -0.4 is 0 Å². The van der Waals surface area contributed by atoms with E-state index in [1.165, 1.54) is 11.8 Å². The van der Waals surface area contributed by atoms with E-state index in [4.69, 9.17) is 23.2 Å². The molecule has 0 fully saturated rings. The number of nitrogens with zero attached hydrogens (tertiary/aromatic N) is 6. The first kappa shape index (κ1) is 14.3. The van der Waals surface area contributed by atoms with Gasteiger partial charge in [0.25, 0.3) is 0 Å². The van der Waals surface area contributed by atoms with Crippen LogP contribution in [0.15, 0.2) is 23.4 Å². The third-order valence-electron chi connectivity index (χ3n) is 2.59. The summed E-state index contributed by atoms with van der Waals surface area (Å²) in [5, 5.41) is 20.1.